The smallest absolute Gasteiger partial charge is 0.325 e. The molecule has 1 fully saturated rings. The molecule has 0 saturated carbocycles. The molecule has 1 aliphatic rings. The van der Waals surface area contributed by atoms with Gasteiger partial charge in [0.15, 0.2) is 0 Å². The number of hydrogen-bond donors (Lipinski definition) is 3. The first-order valence-corrected chi connectivity index (χ1v) is 6.95. The van der Waals surface area contributed by atoms with E-state index in [-0.39, 0.29) is 5.75 Å². The van der Waals surface area contributed by atoms with E-state index in [0.717, 1.165) is 19.4 Å². The van der Waals surface area contributed by atoms with Crippen molar-refractivity contribution in [1.82, 2.24) is 4.90 Å². The Labute approximate surface area is 119 Å². The molecule has 1 aliphatic heterocycles. The number of rotatable bonds is 5. The minimum Gasteiger partial charge on any atom is -0.508 e. The van der Waals surface area contributed by atoms with Crippen LogP contribution in [0.3, 0.4) is 0 Å². The Morgan fingerprint density at radius 1 is 1.45 bits per heavy atom. The van der Waals surface area contributed by atoms with Crippen LogP contribution in [0.4, 0.5) is 0 Å². The van der Waals surface area contributed by atoms with Crippen LogP contribution in [0.15, 0.2) is 24.3 Å². The Morgan fingerprint density at radius 2 is 2.10 bits per heavy atom. The van der Waals surface area contributed by atoms with Gasteiger partial charge in [0.05, 0.1) is 0 Å². The Kier molecular flexibility index (Phi) is 4.30. The Balaban J connectivity index is 1.85. The van der Waals surface area contributed by atoms with Gasteiger partial charge in [0, 0.05) is 19.1 Å². The molecule has 1 aromatic carbocycles. The number of hydrogen-bond acceptors (Lipinski definition) is 4. The highest BCUT2D eigenvalue weighted by Crippen LogP contribution is 2.23. The van der Waals surface area contributed by atoms with Gasteiger partial charge < -0.3 is 15.9 Å². The summed E-state index contributed by atoms with van der Waals surface area (Å²) in [7, 11) is 0. The zero-order chi connectivity index (χ0) is 14.8. The zero-order valence-electron chi connectivity index (χ0n) is 11.7. The number of aromatic hydroxyl groups is 1. The fraction of sp³-hybridized carbons (Fsp3) is 0.533. The van der Waals surface area contributed by atoms with Crippen molar-refractivity contribution in [3.8, 4) is 5.75 Å². The Hall–Kier alpha value is -1.59. The van der Waals surface area contributed by atoms with Gasteiger partial charge in [0.1, 0.15) is 11.3 Å². The zero-order valence-corrected chi connectivity index (χ0v) is 11.7. The number of nitrogens with two attached hydrogens (primary N) is 1. The number of carboxylic acids is 1. The van der Waals surface area contributed by atoms with Gasteiger partial charge in [-0.3, -0.25) is 9.69 Å². The molecule has 4 N–H and O–H groups in total. The summed E-state index contributed by atoms with van der Waals surface area (Å²) in [5.74, 6) is -0.638. The van der Waals surface area contributed by atoms with Gasteiger partial charge >= 0.3 is 5.97 Å². The molecule has 0 aromatic heterocycles. The molecule has 20 heavy (non-hydrogen) atoms. The highest BCUT2D eigenvalue weighted by atomic mass is 16.4. The molecule has 110 valence electrons. The number of phenolic OH excluding ortho intramolecular Hbond substituents is 1. The largest absolute Gasteiger partial charge is 0.508 e. The fourth-order valence-corrected chi connectivity index (χ4v) is 2.64. The number of nitrogens with zero attached hydrogens (tertiary/aromatic N) is 1. The molecule has 0 radical (unpaired) electrons. The van der Waals surface area contributed by atoms with Gasteiger partial charge in [-0.15, -0.1) is 0 Å². The predicted octanol–water partition coefficient (Wildman–Crippen LogP) is 1.20. The minimum absolute atomic E-state index is 0.274. The molecule has 0 spiro atoms. The van der Waals surface area contributed by atoms with E-state index in [9.17, 15) is 9.90 Å². The molecule has 1 heterocycles. The van der Waals surface area contributed by atoms with Gasteiger partial charge in [0.2, 0.25) is 0 Å². The van der Waals surface area contributed by atoms with E-state index in [4.69, 9.17) is 10.8 Å². The average Bonchev–Trinajstić information content (AvgIpc) is 2.82. The third-order valence-corrected chi connectivity index (χ3v) is 4.17. The third kappa shape index (κ3) is 3.29. The lowest BCUT2D eigenvalue weighted by atomic mass is 10.0. The van der Waals surface area contributed by atoms with Gasteiger partial charge in [-0.1, -0.05) is 12.1 Å². The highest BCUT2D eigenvalue weighted by molar-refractivity contribution is 5.79. The van der Waals surface area contributed by atoms with E-state index in [0.29, 0.717) is 19.0 Å². The van der Waals surface area contributed by atoms with Gasteiger partial charge in [0.25, 0.3) is 0 Å². The molecule has 1 saturated heterocycles. The van der Waals surface area contributed by atoms with E-state index < -0.39 is 11.5 Å². The summed E-state index contributed by atoms with van der Waals surface area (Å²) in [6.45, 7) is 3.26. The lowest BCUT2D eigenvalue weighted by Crippen LogP contribution is -2.50. The van der Waals surface area contributed by atoms with Crippen LogP contribution in [0.1, 0.15) is 25.3 Å². The van der Waals surface area contributed by atoms with Crippen LogP contribution in [0.25, 0.3) is 0 Å². The number of benzene rings is 1. The van der Waals surface area contributed by atoms with Crippen molar-refractivity contribution in [2.24, 2.45) is 5.73 Å². The Morgan fingerprint density at radius 3 is 2.65 bits per heavy atom. The lowest BCUT2D eigenvalue weighted by molar-refractivity contribution is -0.142. The molecule has 1 aromatic rings. The van der Waals surface area contributed by atoms with Crippen LogP contribution in [-0.2, 0) is 11.2 Å². The Bertz CT molecular complexity index is 475. The molecule has 2 unspecified atom stereocenters. The van der Waals surface area contributed by atoms with E-state index in [1.165, 1.54) is 5.56 Å². The number of phenols is 1. The average molecular weight is 278 g/mol. The number of aliphatic carboxylic acids is 1. The molecule has 0 bridgehead atoms. The van der Waals surface area contributed by atoms with Crippen molar-refractivity contribution >= 4 is 5.97 Å². The molecule has 0 aliphatic carbocycles. The number of carboxylic acid groups (broad SMARTS) is 1. The van der Waals surface area contributed by atoms with E-state index in [1.807, 2.05) is 12.1 Å². The summed E-state index contributed by atoms with van der Waals surface area (Å²) in [5, 5.41) is 18.4. The summed E-state index contributed by atoms with van der Waals surface area (Å²) in [5.41, 5.74) is 5.97. The molecule has 5 heteroatoms. The molecule has 2 atom stereocenters. The summed E-state index contributed by atoms with van der Waals surface area (Å²) < 4.78 is 0. The number of likely N-dealkylation sites (tertiary alicyclic amines) is 1. The first-order valence-electron chi connectivity index (χ1n) is 6.95. The van der Waals surface area contributed by atoms with Crippen molar-refractivity contribution < 1.29 is 15.0 Å². The van der Waals surface area contributed by atoms with E-state index in [2.05, 4.69) is 11.8 Å². The van der Waals surface area contributed by atoms with Crippen molar-refractivity contribution in [3.05, 3.63) is 29.8 Å². The monoisotopic (exact) mass is 278 g/mol. The maximum absolute atomic E-state index is 11.1. The second kappa shape index (κ2) is 5.81. The van der Waals surface area contributed by atoms with Crippen molar-refractivity contribution in [2.45, 2.75) is 37.8 Å². The molecule has 5 nitrogen and oxygen atoms in total. The summed E-state index contributed by atoms with van der Waals surface area (Å²) in [6, 6.07) is 7.50. The minimum atomic E-state index is -1.09. The van der Waals surface area contributed by atoms with Crippen LogP contribution in [0.5, 0.6) is 5.75 Å². The van der Waals surface area contributed by atoms with Crippen LogP contribution >= 0.6 is 0 Å². The third-order valence-electron chi connectivity index (χ3n) is 4.17. The molecular weight excluding hydrogens is 256 g/mol. The van der Waals surface area contributed by atoms with Crippen LogP contribution < -0.4 is 5.73 Å². The second-order valence-corrected chi connectivity index (χ2v) is 5.74. The van der Waals surface area contributed by atoms with Gasteiger partial charge in [-0.2, -0.15) is 0 Å². The number of aryl methyl sites for hydroxylation is 1. The normalized spacial score (nSPS) is 24.7. The summed E-state index contributed by atoms with van der Waals surface area (Å²) in [6.07, 6.45) is 2.36. The topological polar surface area (TPSA) is 86.8 Å². The van der Waals surface area contributed by atoms with Crippen molar-refractivity contribution in [1.29, 1.82) is 0 Å². The molecule has 2 rings (SSSR count). The van der Waals surface area contributed by atoms with Gasteiger partial charge in [-0.05, 0) is 43.9 Å². The SMILES string of the molecule is CC(CCc1ccc(O)cc1)N1CCC(N)(C(=O)O)C1. The van der Waals surface area contributed by atoms with Crippen molar-refractivity contribution in [3.63, 3.8) is 0 Å². The van der Waals surface area contributed by atoms with E-state index >= 15 is 0 Å². The summed E-state index contributed by atoms with van der Waals surface area (Å²) >= 11 is 0. The van der Waals surface area contributed by atoms with Crippen LogP contribution in [-0.4, -0.2) is 45.8 Å². The van der Waals surface area contributed by atoms with Crippen LogP contribution in [0, 0.1) is 0 Å². The van der Waals surface area contributed by atoms with Crippen molar-refractivity contribution in [2.75, 3.05) is 13.1 Å². The standard InChI is InChI=1S/C15H22N2O3/c1-11(2-3-12-4-6-13(18)7-5-12)17-9-8-15(16,10-17)14(19)20/h4-7,11,18H,2-3,8-10,16H2,1H3,(H,19,20). The summed E-state index contributed by atoms with van der Waals surface area (Å²) in [4.78, 5) is 13.3. The lowest BCUT2D eigenvalue weighted by Gasteiger charge is -2.26. The molecular formula is C15H22N2O3. The van der Waals surface area contributed by atoms with Crippen LogP contribution in [0.2, 0.25) is 0 Å². The van der Waals surface area contributed by atoms with Gasteiger partial charge in [-0.25, -0.2) is 0 Å². The van der Waals surface area contributed by atoms with E-state index in [1.54, 1.807) is 12.1 Å². The molecule has 0 amide bonds. The predicted molar refractivity (Wildman–Crippen MR) is 76.6 cm³/mol. The second-order valence-electron chi connectivity index (χ2n) is 5.74. The maximum Gasteiger partial charge on any atom is 0.325 e. The first kappa shape index (κ1) is 14.8. The highest BCUT2D eigenvalue weighted by Gasteiger charge is 2.42. The maximum atomic E-state index is 11.1. The number of carbonyl (C=O) groups is 1. The fourth-order valence-electron chi connectivity index (χ4n) is 2.64. The first-order chi connectivity index (χ1) is 9.40. The quantitative estimate of drug-likeness (QED) is 0.753.